The molecule has 1 fully saturated rings. The van der Waals surface area contributed by atoms with Crippen LogP contribution in [0.3, 0.4) is 0 Å². The first kappa shape index (κ1) is 13.3. The van der Waals surface area contributed by atoms with Crippen LogP contribution in [-0.2, 0) is 4.74 Å². The molecule has 80 valence electrons. The Morgan fingerprint density at radius 3 is 2.46 bits per heavy atom. The second kappa shape index (κ2) is 8.89. The lowest BCUT2D eigenvalue weighted by Gasteiger charge is -2.26. The van der Waals surface area contributed by atoms with Gasteiger partial charge in [0.05, 0.1) is 6.10 Å². The molecule has 1 aliphatic heterocycles. The first-order valence-electron chi connectivity index (χ1n) is 5.39. The van der Waals surface area contributed by atoms with E-state index in [4.69, 9.17) is 4.74 Å². The third-order valence-corrected chi connectivity index (χ3v) is 2.56. The zero-order chi connectivity index (χ0) is 10.1. The first-order chi connectivity index (χ1) is 6.33. The largest absolute Gasteiger partial charge is 0.378 e. The number of hydrogen-bond donors (Lipinski definition) is 1. The molecule has 0 saturated carbocycles. The quantitative estimate of drug-likeness (QED) is 0.692. The van der Waals surface area contributed by atoms with Gasteiger partial charge in [-0.2, -0.15) is 12.6 Å². The van der Waals surface area contributed by atoms with Crippen molar-refractivity contribution in [2.45, 2.75) is 52.1 Å². The summed E-state index contributed by atoms with van der Waals surface area (Å²) in [5.74, 6) is 0.867. The van der Waals surface area contributed by atoms with Crippen molar-refractivity contribution in [3.8, 4) is 0 Å². The number of unbranched alkanes of at least 4 members (excludes halogenated alkanes) is 1. The summed E-state index contributed by atoms with van der Waals surface area (Å²) in [5.41, 5.74) is 0. The molecule has 1 saturated heterocycles. The highest BCUT2D eigenvalue weighted by Gasteiger charge is 2.17. The van der Waals surface area contributed by atoms with Crippen LogP contribution in [0.15, 0.2) is 0 Å². The number of rotatable bonds is 3. The molecule has 0 aromatic heterocycles. The van der Waals surface area contributed by atoms with E-state index in [-0.39, 0.29) is 0 Å². The molecule has 13 heavy (non-hydrogen) atoms. The van der Waals surface area contributed by atoms with Crippen LogP contribution in [-0.4, -0.2) is 19.0 Å². The van der Waals surface area contributed by atoms with Gasteiger partial charge in [0.15, 0.2) is 0 Å². The van der Waals surface area contributed by atoms with Crippen molar-refractivity contribution >= 4 is 12.6 Å². The summed E-state index contributed by atoms with van der Waals surface area (Å²) >= 11 is 3.53. The molecule has 0 aromatic rings. The van der Waals surface area contributed by atoms with Gasteiger partial charge < -0.3 is 4.74 Å². The van der Waals surface area contributed by atoms with Gasteiger partial charge in [-0.1, -0.05) is 19.8 Å². The minimum absolute atomic E-state index is 0.521. The van der Waals surface area contributed by atoms with Crippen LogP contribution in [0.1, 0.15) is 46.0 Å². The molecule has 1 nitrogen and oxygen atoms in total. The summed E-state index contributed by atoms with van der Waals surface area (Å²) in [6.45, 7) is 5.45. The molecule has 0 radical (unpaired) electrons. The van der Waals surface area contributed by atoms with Crippen molar-refractivity contribution in [2.75, 3.05) is 12.9 Å². The van der Waals surface area contributed by atoms with Crippen molar-refractivity contribution < 1.29 is 4.74 Å². The Morgan fingerprint density at radius 1 is 1.31 bits per heavy atom. The SMILES string of the molecule is CCCCC1CCC(C)OC1.CS. The fourth-order valence-electron chi connectivity index (χ4n) is 1.66. The van der Waals surface area contributed by atoms with Crippen molar-refractivity contribution in [1.82, 2.24) is 0 Å². The maximum Gasteiger partial charge on any atom is 0.0547 e. The summed E-state index contributed by atoms with van der Waals surface area (Å²) < 4.78 is 5.59. The van der Waals surface area contributed by atoms with Crippen molar-refractivity contribution in [3.63, 3.8) is 0 Å². The monoisotopic (exact) mass is 204 g/mol. The van der Waals surface area contributed by atoms with E-state index in [0.717, 1.165) is 12.5 Å². The lowest BCUT2D eigenvalue weighted by molar-refractivity contribution is -0.00756. The van der Waals surface area contributed by atoms with E-state index in [0.29, 0.717) is 6.10 Å². The topological polar surface area (TPSA) is 9.23 Å². The Bertz CT molecular complexity index is 95.5. The zero-order valence-corrected chi connectivity index (χ0v) is 10.1. The van der Waals surface area contributed by atoms with Gasteiger partial charge in [0, 0.05) is 6.61 Å². The fraction of sp³-hybridized carbons (Fsp3) is 1.00. The average Bonchev–Trinajstić information content (AvgIpc) is 2.20. The van der Waals surface area contributed by atoms with E-state index < -0.39 is 0 Å². The molecule has 0 spiro atoms. The standard InChI is InChI=1S/C10H20O.CH4S/c1-3-4-5-10-7-6-9(2)11-8-10;1-2/h9-10H,3-8H2,1-2H3;2H,1H3. The minimum atomic E-state index is 0.521. The van der Waals surface area contributed by atoms with Crippen LogP contribution in [0.2, 0.25) is 0 Å². The van der Waals surface area contributed by atoms with Crippen molar-refractivity contribution in [3.05, 3.63) is 0 Å². The lowest BCUT2D eigenvalue weighted by Crippen LogP contribution is -2.23. The smallest absolute Gasteiger partial charge is 0.0547 e. The molecular formula is C11H24OS. The number of ether oxygens (including phenoxy) is 1. The van der Waals surface area contributed by atoms with Gasteiger partial charge in [0.2, 0.25) is 0 Å². The maximum absolute atomic E-state index is 5.59. The highest BCUT2D eigenvalue weighted by Crippen LogP contribution is 2.22. The molecule has 0 amide bonds. The van der Waals surface area contributed by atoms with Crippen molar-refractivity contribution in [2.24, 2.45) is 5.92 Å². The summed E-state index contributed by atoms with van der Waals surface area (Å²) in [6, 6.07) is 0. The van der Waals surface area contributed by atoms with Gasteiger partial charge >= 0.3 is 0 Å². The van der Waals surface area contributed by atoms with Crippen LogP contribution in [0.5, 0.6) is 0 Å². The van der Waals surface area contributed by atoms with Gasteiger partial charge in [0.1, 0.15) is 0 Å². The van der Waals surface area contributed by atoms with E-state index in [1.807, 2.05) is 0 Å². The Morgan fingerprint density at radius 2 is 2.00 bits per heavy atom. The number of hydrogen-bond acceptors (Lipinski definition) is 2. The van der Waals surface area contributed by atoms with Crippen LogP contribution in [0.4, 0.5) is 0 Å². The fourth-order valence-corrected chi connectivity index (χ4v) is 1.66. The van der Waals surface area contributed by atoms with Gasteiger partial charge in [-0.3, -0.25) is 0 Å². The second-order valence-electron chi connectivity index (χ2n) is 3.73. The summed E-state index contributed by atoms with van der Waals surface area (Å²) in [6.07, 6.45) is 8.96. The lowest BCUT2D eigenvalue weighted by atomic mass is 9.94. The molecule has 0 bridgehead atoms. The van der Waals surface area contributed by atoms with Crippen molar-refractivity contribution in [1.29, 1.82) is 0 Å². The molecule has 2 unspecified atom stereocenters. The van der Waals surface area contributed by atoms with Gasteiger partial charge in [-0.15, -0.1) is 0 Å². The Labute approximate surface area is 88.7 Å². The van der Waals surface area contributed by atoms with Gasteiger partial charge in [-0.05, 0) is 38.4 Å². The third-order valence-electron chi connectivity index (χ3n) is 2.56. The third kappa shape index (κ3) is 6.39. The second-order valence-corrected chi connectivity index (χ2v) is 3.73. The molecular weight excluding hydrogens is 180 g/mol. The predicted octanol–water partition coefficient (Wildman–Crippen LogP) is 3.54. The van der Waals surface area contributed by atoms with E-state index in [1.54, 1.807) is 6.26 Å². The Balaban J connectivity index is 0.000000671. The molecule has 2 atom stereocenters. The minimum Gasteiger partial charge on any atom is -0.378 e. The molecule has 2 heteroatoms. The highest BCUT2D eigenvalue weighted by molar-refractivity contribution is 7.79. The number of thiol groups is 1. The summed E-state index contributed by atoms with van der Waals surface area (Å²) in [7, 11) is 0. The van der Waals surface area contributed by atoms with E-state index in [2.05, 4.69) is 26.5 Å². The van der Waals surface area contributed by atoms with Gasteiger partial charge in [0.25, 0.3) is 0 Å². The Kier molecular flexibility index (Phi) is 9.10. The maximum atomic E-state index is 5.59. The molecule has 1 aliphatic rings. The summed E-state index contributed by atoms with van der Waals surface area (Å²) in [4.78, 5) is 0. The normalized spacial score (nSPS) is 27.7. The van der Waals surface area contributed by atoms with E-state index >= 15 is 0 Å². The zero-order valence-electron chi connectivity index (χ0n) is 9.25. The predicted molar refractivity (Wildman–Crippen MR) is 62.6 cm³/mol. The van der Waals surface area contributed by atoms with Crippen LogP contribution < -0.4 is 0 Å². The van der Waals surface area contributed by atoms with Gasteiger partial charge in [-0.25, -0.2) is 0 Å². The molecule has 1 heterocycles. The molecule has 0 N–H and O–H groups in total. The molecule has 0 aromatic carbocycles. The highest BCUT2D eigenvalue weighted by atomic mass is 32.1. The van der Waals surface area contributed by atoms with Crippen LogP contribution >= 0.6 is 12.6 Å². The van der Waals surface area contributed by atoms with E-state index in [9.17, 15) is 0 Å². The average molecular weight is 204 g/mol. The molecule has 1 rings (SSSR count). The van der Waals surface area contributed by atoms with Crippen LogP contribution in [0.25, 0.3) is 0 Å². The van der Waals surface area contributed by atoms with E-state index in [1.165, 1.54) is 32.1 Å². The summed E-state index contributed by atoms with van der Waals surface area (Å²) in [5, 5.41) is 0. The first-order valence-corrected chi connectivity index (χ1v) is 6.28. The Hall–Kier alpha value is 0.310. The van der Waals surface area contributed by atoms with Crippen LogP contribution in [0, 0.1) is 5.92 Å². The molecule has 0 aliphatic carbocycles.